The molecule has 3 fully saturated rings. The topological polar surface area (TPSA) is 97.0 Å². The molecule has 8 heteroatoms. The Balaban J connectivity index is 1.13. The van der Waals surface area contributed by atoms with Crippen molar-refractivity contribution in [2.75, 3.05) is 30.4 Å². The zero-order chi connectivity index (χ0) is 25.6. The lowest BCUT2D eigenvalue weighted by atomic mass is 10.1. The molecule has 5 rings (SSSR count). The number of carbonyl (C=O) groups is 3. The van der Waals surface area contributed by atoms with Crippen LogP contribution in [-0.4, -0.2) is 60.6 Å². The molecule has 2 aromatic carbocycles. The minimum Gasteiger partial charge on any atom is -0.368 e. The van der Waals surface area contributed by atoms with Crippen molar-refractivity contribution in [3.8, 4) is 0 Å². The number of nitrogens with one attached hydrogen (secondary N) is 2. The monoisotopic (exact) mass is 503 g/mol. The number of carbonyl (C=O) groups excluding carboxylic acids is 3. The van der Waals surface area contributed by atoms with Gasteiger partial charge in [-0.05, 0) is 73.9 Å². The molecule has 3 atom stereocenters. The predicted octanol–water partition coefficient (Wildman–Crippen LogP) is 4.08. The van der Waals surface area contributed by atoms with Gasteiger partial charge in [-0.25, -0.2) is 0 Å². The lowest BCUT2D eigenvalue weighted by molar-refractivity contribution is -0.144. The Bertz CT molecular complexity index is 1130. The largest absolute Gasteiger partial charge is 0.368 e. The molecule has 3 aliphatic rings. The zero-order valence-corrected chi connectivity index (χ0v) is 20.9. The summed E-state index contributed by atoms with van der Waals surface area (Å²) in [5, 5.41) is 5.86. The molecule has 37 heavy (non-hydrogen) atoms. The van der Waals surface area contributed by atoms with Crippen molar-refractivity contribution in [2.24, 2.45) is 0 Å². The molecule has 0 aliphatic carbocycles. The highest BCUT2D eigenvalue weighted by molar-refractivity contribution is 5.98. The molecule has 0 aromatic heterocycles. The summed E-state index contributed by atoms with van der Waals surface area (Å²) >= 11 is 0. The number of rotatable bonds is 7. The Morgan fingerprint density at radius 3 is 1.78 bits per heavy atom. The van der Waals surface area contributed by atoms with E-state index in [4.69, 9.17) is 9.47 Å². The molecule has 3 saturated heterocycles. The second kappa shape index (κ2) is 11.7. The summed E-state index contributed by atoms with van der Waals surface area (Å²) < 4.78 is 11.0. The lowest BCUT2D eigenvalue weighted by Crippen LogP contribution is -2.47. The van der Waals surface area contributed by atoms with Gasteiger partial charge in [0, 0.05) is 31.1 Å². The van der Waals surface area contributed by atoms with Gasteiger partial charge in [0.1, 0.15) is 18.2 Å². The number of amides is 3. The maximum Gasteiger partial charge on any atom is 0.253 e. The van der Waals surface area contributed by atoms with Crippen molar-refractivity contribution in [3.63, 3.8) is 0 Å². The van der Waals surface area contributed by atoms with Crippen molar-refractivity contribution < 1.29 is 23.9 Å². The summed E-state index contributed by atoms with van der Waals surface area (Å²) in [6, 6.07) is 14.8. The van der Waals surface area contributed by atoms with Crippen LogP contribution in [0.25, 0.3) is 12.2 Å². The second-order valence-corrected chi connectivity index (χ2v) is 9.75. The summed E-state index contributed by atoms with van der Waals surface area (Å²) in [6.07, 6.45) is 8.03. The van der Waals surface area contributed by atoms with Crippen LogP contribution in [0.2, 0.25) is 0 Å². The van der Waals surface area contributed by atoms with Crippen LogP contribution in [0.3, 0.4) is 0 Å². The van der Waals surface area contributed by atoms with Crippen molar-refractivity contribution in [2.45, 2.75) is 56.8 Å². The first-order valence-corrected chi connectivity index (χ1v) is 13.1. The summed E-state index contributed by atoms with van der Waals surface area (Å²) in [7, 11) is 0. The van der Waals surface area contributed by atoms with E-state index in [-0.39, 0.29) is 23.8 Å². The van der Waals surface area contributed by atoms with Crippen molar-refractivity contribution in [1.82, 2.24) is 4.90 Å². The van der Waals surface area contributed by atoms with Crippen LogP contribution >= 0.6 is 0 Å². The van der Waals surface area contributed by atoms with Gasteiger partial charge in [0.15, 0.2) is 0 Å². The molecule has 2 N–H and O–H groups in total. The molecule has 0 saturated carbocycles. The Hall–Kier alpha value is -3.49. The molecule has 0 radical (unpaired) electrons. The normalized spacial score (nSPS) is 23.5. The summed E-state index contributed by atoms with van der Waals surface area (Å²) in [6.45, 7) is 1.86. The van der Waals surface area contributed by atoms with Crippen LogP contribution in [0.4, 0.5) is 11.4 Å². The zero-order valence-electron chi connectivity index (χ0n) is 20.9. The fraction of sp³-hybridized carbons (Fsp3) is 0.414. The Kier molecular flexibility index (Phi) is 7.96. The van der Waals surface area contributed by atoms with Gasteiger partial charge in [0.25, 0.3) is 11.8 Å². The van der Waals surface area contributed by atoms with E-state index in [1.807, 2.05) is 60.7 Å². The van der Waals surface area contributed by atoms with Gasteiger partial charge in [-0.15, -0.1) is 0 Å². The molecule has 3 amide bonds. The summed E-state index contributed by atoms with van der Waals surface area (Å²) in [4.78, 5) is 39.5. The second-order valence-electron chi connectivity index (χ2n) is 9.75. The fourth-order valence-electron chi connectivity index (χ4n) is 5.04. The van der Waals surface area contributed by atoms with E-state index >= 15 is 0 Å². The third-order valence-corrected chi connectivity index (χ3v) is 7.09. The average Bonchev–Trinajstić information content (AvgIpc) is 3.71. The van der Waals surface area contributed by atoms with E-state index in [0.29, 0.717) is 31.9 Å². The Labute approximate surface area is 217 Å². The van der Waals surface area contributed by atoms with E-state index in [1.165, 1.54) is 0 Å². The SMILES string of the molecule is O=C(Nc1ccc(C=Cc2ccc(NC(=O)[C@@H]3CCCN3C(=O)[C@H]3CCCO3)cc2)cc1)[C@H]1CCCO1. The van der Waals surface area contributed by atoms with E-state index in [1.54, 1.807) is 4.90 Å². The quantitative estimate of drug-likeness (QED) is 0.555. The number of ether oxygens (including phenoxy) is 2. The van der Waals surface area contributed by atoms with Crippen molar-refractivity contribution in [3.05, 3.63) is 59.7 Å². The number of likely N-dealkylation sites (tertiary alicyclic amines) is 1. The van der Waals surface area contributed by atoms with E-state index < -0.39 is 12.1 Å². The van der Waals surface area contributed by atoms with Gasteiger partial charge in [-0.3, -0.25) is 14.4 Å². The van der Waals surface area contributed by atoms with Crippen molar-refractivity contribution in [1.29, 1.82) is 0 Å². The smallest absolute Gasteiger partial charge is 0.253 e. The standard InChI is InChI=1S/C29H33N3O5/c33-27(24-4-1-17-32(24)29(35)26-6-3-19-37-26)30-22-13-9-20(10-14-22)7-8-21-11-15-23(16-12-21)31-28(34)25-5-2-18-36-25/h7-16,24-26H,1-6,17-19H2,(H,30,33)(H,31,34)/t24-,25+,26+/m0/s1. The first kappa shape index (κ1) is 25.2. The highest BCUT2D eigenvalue weighted by Gasteiger charge is 2.38. The van der Waals surface area contributed by atoms with Crippen molar-refractivity contribution >= 4 is 41.2 Å². The average molecular weight is 504 g/mol. The van der Waals surface area contributed by atoms with Gasteiger partial charge in [0.2, 0.25) is 5.91 Å². The van der Waals surface area contributed by atoms with Crippen LogP contribution < -0.4 is 10.6 Å². The molecule has 2 aromatic rings. The van der Waals surface area contributed by atoms with E-state index in [2.05, 4.69) is 10.6 Å². The summed E-state index contributed by atoms with van der Waals surface area (Å²) in [5.41, 5.74) is 3.44. The van der Waals surface area contributed by atoms with E-state index in [9.17, 15) is 14.4 Å². The number of benzene rings is 2. The maximum atomic E-state index is 12.9. The van der Waals surface area contributed by atoms with Gasteiger partial charge in [0.05, 0.1) is 0 Å². The van der Waals surface area contributed by atoms with Crippen LogP contribution in [0.1, 0.15) is 49.7 Å². The van der Waals surface area contributed by atoms with Gasteiger partial charge >= 0.3 is 0 Å². The number of anilines is 2. The van der Waals surface area contributed by atoms with Gasteiger partial charge < -0.3 is 25.0 Å². The van der Waals surface area contributed by atoms with Crippen LogP contribution in [0, 0.1) is 0 Å². The molecule has 0 spiro atoms. The number of nitrogens with zero attached hydrogens (tertiary/aromatic N) is 1. The molecular formula is C29H33N3O5. The molecule has 194 valence electrons. The first-order valence-electron chi connectivity index (χ1n) is 13.1. The van der Waals surface area contributed by atoms with Gasteiger partial charge in [-0.1, -0.05) is 36.4 Å². The molecule has 8 nitrogen and oxygen atoms in total. The highest BCUT2D eigenvalue weighted by Crippen LogP contribution is 2.24. The molecule has 3 heterocycles. The van der Waals surface area contributed by atoms with Gasteiger partial charge in [-0.2, -0.15) is 0 Å². The molecule has 0 unspecified atom stereocenters. The summed E-state index contributed by atoms with van der Waals surface area (Å²) in [5.74, 6) is -0.310. The van der Waals surface area contributed by atoms with Crippen LogP contribution in [0.15, 0.2) is 48.5 Å². The van der Waals surface area contributed by atoms with Crippen LogP contribution in [0.5, 0.6) is 0 Å². The highest BCUT2D eigenvalue weighted by atomic mass is 16.5. The van der Waals surface area contributed by atoms with Crippen LogP contribution in [-0.2, 0) is 23.9 Å². The predicted molar refractivity (Wildman–Crippen MR) is 142 cm³/mol. The Morgan fingerprint density at radius 1 is 0.703 bits per heavy atom. The minimum atomic E-state index is -0.449. The maximum absolute atomic E-state index is 12.9. The Morgan fingerprint density at radius 2 is 1.24 bits per heavy atom. The lowest BCUT2D eigenvalue weighted by Gasteiger charge is -2.26. The molecule has 0 bridgehead atoms. The molecular weight excluding hydrogens is 470 g/mol. The minimum absolute atomic E-state index is 0.0612. The third kappa shape index (κ3) is 6.26. The number of hydrogen-bond donors (Lipinski definition) is 2. The first-order chi connectivity index (χ1) is 18.1. The third-order valence-electron chi connectivity index (χ3n) is 7.09. The molecule has 3 aliphatic heterocycles. The number of hydrogen-bond acceptors (Lipinski definition) is 5. The van der Waals surface area contributed by atoms with E-state index in [0.717, 1.165) is 48.9 Å². The fourth-order valence-corrected chi connectivity index (χ4v) is 5.04.